The Hall–Kier alpha value is -13.9. The molecule has 102 heavy (non-hydrogen) atoms. The SMILES string of the molecule is c1cc(-c2ccc(-c3cccc(-n4c5ccccc5c5cc(-c6ccc7oc8ccccc8c7c6)ccc54)c3)cc2)cc(-c2nc(-n3c4ccccc4c4cc(-c5ccc6oc7ccccc7c6c5)ccc43)nc(-n3c4ccccc4c4cc(-c5ccc6oc7ccccc7c6c5)ccc43)n2)c1. The Bertz CT molecular complexity index is 7030. The Morgan fingerprint density at radius 3 is 0.902 bits per heavy atom. The van der Waals surface area contributed by atoms with Crippen molar-refractivity contribution in [3.05, 3.63) is 328 Å². The number of rotatable bonds is 9. The Morgan fingerprint density at radius 2 is 0.471 bits per heavy atom. The van der Waals surface area contributed by atoms with Gasteiger partial charge in [-0.05, 0) is 183 Å². The second kappa shape index (κ2) is 21.8. The van der Waals surface area contributed by atoms with E-state index in [-0.39, 0.29) is 0 Å². The van der Waals surface area contributed by atoms with Crippen LogP contribution in [0.4, 0.5) is 0 Å². The molecule has 0 aliphatic carbocycles. The molecule has 0 saturated heterocycles. The summed E-state index contributed by atoms with van der Waals surface area (Å²) in [6.07, 6.45) is 0. The van der Waals surface area contributed by atoms with Crippen molar-refractivity contribution in [1.29, 1.82) is 0 Å². The topological polar surface area (TPSA) is 92.9 Å². The standard InChI is InChI=1S/C93H54N6O3/c1-7-25-79-67(19-1)73-49-59(62-38-44-88-76(52-62)70-22-4-10-28-85(70)100-88)35-41-82(73)97(79)66-18-14-16-58(48-66)56-33-31-55(32-34-56)57-15-13-17-65(47-57)91-94-92(98-80-26-8-2-20-68(80)74-50-60(36-42-83(74)98)63-39-45-89-77(53-63)71-23-5-11-29-86(71)101-89)96-93(95-91)99-81-27-9-3-21-69(81)75-51-61(37-43-84(75)99)64-40-46-90-78(54-64)72-24-6-12-30-87(72)102-90/h1-54H. The Kier molecular flexibility index (Phi) is 12.0. The smallest absolute Gasteiger partial charge is 0.240 e. The van der Waals surface area contributed by atoms with Crippen molar-refractivity contribution in [2.45, 2.75) is 0 Å². The predicted molar refractivity (Wildman–Crippen MR) is 417 cm³/mol. The maximum Gasteiger partial charge on any atom is 0.240 e. The van der Waals surface area contributed by atoms with E-state index >= 15 is 0 Å². The number of para-hydroxylation sites is 6. The highest BCUT2D eigenvalue weighted by Gasteiger charge is 2.24. The monoisotopic (exact) mass is 1300 g/mol. The van der Waals surface area contributed by atoms with E-state index in [9.17, 15) is 0 Å². The average molecular weight is 1300 g/mol. The average Bonchev–Trinajstić information content (AvgIpc) is 1.58. The molecule has 7 aromatic heterocycles. The molecule has 0 unspecified atom stereocenters. The highest BCUT2D eigenvalue weighted by Crippen LogP contribution is 2.43. The lowest BCUT2D eigenvalue weighted by Crippen LogP contribution is -2.10. The summed E-state index contributed by atoms with van der Waals surface area (Å²) in [5, 5.41) is 13.4. The molecule has 0 bridgehead atoms. The highest BCUT2D eigenvalue weighted by atomic mass is 16.3. The lowest BCUT2D eigenvalue weighted by molar-refractivity contribution is 0.668. The summed E-state index contributed by atoms with van der Waals surface area (Å²) in [6.45, 7) is 0. The van der Waals surface area contributed by atoms with Crippen LogP contribution < -0.4 is 0 Å². The van der Waals surface area contributed by atoms with E-state index in [1.165, 1.54) is 10.8 Å². The molecule has 0 aliphatic rings. The molecular formula is C93H54N6O3. The molecule has 22 rings (SSSR count). The van der Waals surface area contributed by atoms with Crippen LogP contribution in [-0.2, 0) is 0 Å². The fourth-order valence-electron chi connectivity index (χ4n) is 16.1. The number of fused-ring (bicyclic) bond motifs is 18. The van der Waals surface area contributed by atoms with Gasteiger partial charge in [0.15, 0.2) is 5.82 Å². The molecule has 0 radical (unpaired) electrons. The van der Waals surface area contributed by atoms with Gasteiger partial charge in [-0.15, -0.1) is 0 Å². The third-order valence-electron chi connectivity index (χ3n) is 20.9. The molecule has 0 atom stereocenters. The Labute approximate surface area is 581 Å². The first-order chi connectivity index (χ1) is 50.5. The van der Waals surface area contributed by atoms with Crippen LogP contribution in [0.5, 0.6) is 0 Å². The van der Waals surface area contributed by atoms with Crippen LogP contribution in [0.2, 0.25) is 0 Å². The number of benzene rings is 15. The van der Waals surface area contributed by atoms with Gasteiger partial charge in [0.25, 0.3) is 0 Å². The molecule has 9 nitrogen and oxygen atoms in total. The van der Waals surface area contributed by atoms with Gasteiger partial charge in [0.1, 0.15) is 33.5 Å². The normalized spacial score (nSPS) is 12.1. The van der Waals surface area contributed by atoms with E-state index in [4.69, 9.17) is 28.2 Å². The molecule has 0 spiro atoms. The zero-order valence-corrected chi connectivity index (χ0v) is 54.6. The number of aromatic nitrogens is 6. The van der Waals surface area contributed by atoms with Crippen molar-refractivity contribution in [3.63, 3.8) is 0 Å². The van der Waals surface area contributed by atoms with E-state index in [1.54, 1.807) is 0 Å². The maximum atomic E-state index is 6.27. The van der Waals surface area contributed by atoms with Crippen LogP contribution in [0.1, 0.15) is 0 Å². The summed E-state index contributed by atoms with van der Waals surface area (Å²) in [6, 6.07) is 117. The number of hydrogen-bond donors (Lipinski definition) is 0. The molecule has 15 aromatic carbocycles. The molecule has 474 valence electrons. The molecule has 9 heteroatoms. The Balaban J connectivity index is 0.654. The molecule has 0 saturated carbocycles. The molecule has 0 N–H and O–H groups in total. The summed E-state index contributed by atoms with van der Waals surface area (Å²) in [4.78, 5) is 16.7. The van der Waals surface area contributed by atoms with Crippen LogP contribution in [-0.4, -0.2) is 28.7 Å². The van der Waals surface area contributed by atoms with Gasteiger partial charge in [0.05, 0.1) is 33.1 Å². The van der Waals surface area contributed by atoms with Crippen molar-refractivity contribution in [2.24, 2.45) is 0 Å². The molecule has 0 fully saturated rings. The fraction of sp³-hybridized carbons (Fsp3) is 0. The van der Waals surface area contributed by atoms with Crippen molar-refractivity contribution in [1.82, 2.24) is 28.7 Å². The molecule has 22 aromatic rings. The zero-order chi connectivity index (χ0) is 66.7. The predicted octanol–water partition coefficient (Wildman–Crippen LogP) is 24.9. The first-order valence-electron chi connectivity index (χ1n) is 34.4. The summed E-state index contributed by atoms with van der Waals surface area (Å²) in [5.41, 5.74) is 24.5. The third-order valence-corrected chi connectivity index (χ3v) is 20.9. The van der Waals surface area contributed by atoms with Crippen LogP contribution in [0.25, 0.3) is 216 Å². The van der Waals surface area contributed by atoms with E-state index in [0.717, 1.165) is 187 Å². The highest BCUT2D eigenvalue weighted by molar-refractivity contribution is 6.15. The van der Waals surface area contributed by atoms with E-state index < -0.39 is 0 Å². The minimum atomic E-state index is 0.503. The summed E-state index contributed by atoms with van der Waals surface area (Å²) in [7, 11) is 0. The largest absolute Gasteiger partial charge is 0.456 e. The van der Waals surface area contributed by atoms with Gasteiger partial charge >= 0.3 is 0 Å². The van der Waals surface area contributed by atoms with Gasteiger partial charge in [-0.1, -0.05) is 200 Å². The van der Waals surface area contributed by atoms with Gasteiger partial charge in [-0.3, -0.25) is 9.13 Å². The molecule has 0 aliphatic heterocycles. The second-order valence-electron chi connectivity index (χ2n) is 26.6. The van der Waals surface area contributed by atoms with Crippen LogP contribution >= 0.6 is 0 Å². The summed E-state index contributed by atoms with van der Waals surface area (Å²) >= 11 is 0. The molecule has 0 amide bonds. The summed E-state index contributed by atoms with van der Waals surface area (Å²) < 4.78 is 25.5. The lowest BCUT2D eigenvalue weighted by Gasteiger charge is -2.13. The minimum absolute atomic E-state index is 0.503. The maximum absolute atomic E-state index is 6.27. The van der Waals surface area contributed by atoms with Crippen molar-refractivity contribution in [2.75, 3.05) is 0 Å². The van der Waals surface area contributed by atoms with E-state index in [1.807, 2.05) is 36.4 Å². The van der Waals surface area contributed by atoms with Gasteiger partial charge in [0, 0.05) is 75.9 Å². The van der Waals surface area contributed by atoms with Gasteiger partial charge < -0.3 is 17.8 Å². The molecular weight excluding hydrogens is 1250 g/mol. The quantitative estimate of drug-likeness (QED) is 0.143. The minimum Gasteiger partial charge on any atom is -0.456 e. The van der Waals surface area contributed by atoms with Gasteiger partial charge in [-0.2, -0.15) is 15.0 Å². The first kappa shape index (κ1) is 56.2. The fourth-order valence-corrected chi connectivity index (χ4v) is 16.1. The molecule has 7 heterocycles. The van der Waals surface area contributed by atoms with Crippen LogP contribution in [0.3, 0.4) is 0 Å². The zero-order valence-electron chi connectivity index (χ0n) is 54.6. The number of hydrogen-bond acceptors (Lipinski definition) is 6. The van der Waals surface area contributed by atoms with Crippen molar-refractivity contribution < 1.29 is 13.3 Å². The number of furan rings is 3. The van der Waals surface area contributed by atoms with Crippen LogP contribution in [0, 0.1) is 0 Å². The second-order valence-corrected chi connectivity index (χ2v) is 26.6. The third kappa shape index (κ3) is 8.68. The van der Waals surface area contributed by atoms with E-state index in [2.05, 4.69) is 305 Å². The van der Waals surface area contributed by atoms with Crippen molar-refractivity contribution >= 4 is 131 Å². The first-order valence-corrected chi connectivity index (χ1v) is 34.4. The van der Waals surface area contributed by atoms with Gasteiger partial charge in [0.2, 0.25) is 11.9 Å². The van der Waals surface area contributed by atoms with E-state index in [0.29, 0.717) is 17.7 Å². The lowest BCUT2D eigenvalue weighted by atomic mass is 9.98. The van der Waals surface area contributed by atoms with Crippen molar-refractivity contribution in [3.8, 4) is 84.6 Å². The van der Waals surface area contributed by atoms with Gasteiger partial charge in [-0.25, -0.2) is 0 Å². The van der Waals surface area contributed by atoms with Crippen LogP contribution in [0.15, 0.2) is 341 Å². The summed E-state index contributed by atoms with van der Waals surface area (Å²) in [5.74, 6) is 1.55. The Morgan fingerprint density at radius 1 is 0.176 bits per heavy atom. The number of nitrogens with zero attached hydrogens (tertiary/aromatic N) is 6.